The Kier molecular flexibility index (Phi) is 6.55. The molecule has 7 nitrogen and oxygen atoms in total. The third-order valence-electron chi connectivity index (χ3n) is 4.49. The van der Waals surface area contributed by atoms with Crippen molar-refractivity contribution in [3.8, 4) is 0 Å². The van der Waals surface area contributed by atoms with Gasteiger partial charge in [0.25, 0.3) is 5.56 Å². The molecule has 0 saturated carbocycles. The fraction of sp³-hybridized carbons (Fsp3) is 0.350. The summed E-state index contributed by atoms with van der Waals surface area (Å²) in [6.45, 7) is 4.52. The average Bonchev–Trinajstić information content (AvgIpc) is 3.35. The number of nitrogens with one attached hydrogen (secondary N) is 1. The van der Waals surface area contributed by atoms with Crippen LogP contribution in [0.15, 0.2) is 45.2 Å². The molecule has 1 aromatic carbocycles. The molecule has 0 unspecified atom stereocenters. The second-order valence-electron chi connectivity index (χ2n) is 6.87. The number of nitrogens with zero attached hydrogens (tertiary/aromatic N) is 4. The molecule has 1 aliphatic rings. The van der Waals surface area contributed by atoms with Crippen LogP contribution in [0.5, 0.6) is 0 Å². The van der Waals surface area contributed by atoms with Crippen LogP contribution in [0.1, 0.15) is 30.1 Å². The van der Waals surface area contributed by atoms with E-state index in [1.165, 1.54) is 23.1 Å². The zero-order valence-electron chi connectivity index (χ0n) is 16.6. The Balaban J connectivity index is 1.55. The van der Waals surface area contributed by atoms with Crippen LogP contribution in [0, 0.1) is 0 Å². The molecule has 156 valence electrons. The molecule has 30 heavy (non-hydrogen) atoms. The summed E-state index contributed by atoms with van der Waals surface area (Å²) >= 11 is 4.23. The van der Waals surface area contributed by atoms with Gasteiger partial charge in [0.1, 0.15) is 5.01 Å². The first-order chi connectivity index (χ1) is 14.5. The molecule has 10 heteroatoms. The number of carbonyl (C=O) groups excluding carboxylic acids is 1. The third-order valence-corrected chi connectivity index (χ3v) is 7.67. The Morgan fingerprint density at radius 3 is 2.83 bits per heavy atom. The van der Waals surface area contributed by atoms with E-state index in [1.807, 2.05) is 37.3 Å². The van der Waals surface area contributed by atoms with Crippen molar-refractivity contribution in [1.82, 2.24) is 19.7 Å². The first-order valence-corrected chi connectivity index (χ1v) is 12.3. The van der Waals surface area contributed by atoms with Crippen LogP contribution in [-0.2, 0) is 24.2 Å². The Morgan fingerprint density at radius 1 is 1.30 bits per heavy atom. The van der Waals surface area contributed by atoms with Gasteiger partial charge >= 0.3 is 0 Å². The number of hydrogen-bond acceptors (Lipinski definition) is 8. The van der Waals surface area contributed by atoms with E-state index >= 15 is 0 Å². The van der Waals surface area contributed by atoms with Crippen molar-refractivity contribution in [2.75, 3.05) is 11.1 Å². The second kappa shape index (κ2) is 9.32. The quantitative estimate of drug-likeness (QED) is 0.427. The summed E-state index contributed by atoms with van der Waals surface area (Å²) in [5.74, 6) is -0.0495. The number of aromatic nitrogens is 4. The summed E-state index contributed by atoms with van der Waals surface area (Å²) in [4.78, 5) is 31.1. The van der Waals surface area contributed by atoms with E-state index in [-0.39, 0.29) is 17.2 Å². The highest BCUT2D eigenvalue weighted by molar-refractivity contribution is 8.00. The predicted octanol–water partition coefficient (Wildman–Crippen LogP) is 3.47. The molecule has 1 amide bonds. The normalized spacial score (nSPS) is 15.2. The summed E-state index contributed by atoms with van der Waals surface area (Å²) in [5, 5.41) is 13.0. The lowest BCUT2D eigenvalue weighted by Crippen LogP contribution is -2.26. The lowest BCUT2D eigenvalue weighted by molar-refractivity contribution is -0.113. The maximum Gasteiger partial charge on any atom is 0.268 e. The van der Waals surface area contributed by atoms with Gasteiger partial charge in [0.15, 0.2) is 5.16 Å². The zero-order valence-corrected chi connectivity index (χ0v) is 19.1. The van der Waals surface area contributed by atoms with Gasteiger partial charge in [-0.15, -0.1) is 22.0 Å². The van der Waals surface area contributed by atoms with Gasteiger partial charge in [-0.2, -0.15) is 0 Å². The van der Waals surface area contributed by atoms with Crippen molar-refractivity contribution in [3.05, 3.63) is 57.0 Å². The summed E-state index contributed by atoms with van der Waals surface area (Å²) < 4.78 is 1.68. The maximum atomic E-state index is 13.2. The smallest absolute Gasteiger partial charge is 0.268 e. The highest BCUT2D eigenvalue weighted by atomic mass is 32.2. The van der Waals surface area contributed by atoms with Gasteiger partial charge in [-0.05, 0) is 12.0 Å². The molecule has 0 saturated heterocycles. The van der Waals surface area contributed by atoms with Crippen molar-refractivity contribution in [2.45, 2.75) is 48.5 Å². The summed E-state index contributed by atoms with van der Waals surface area (Å²) in [7, 11) is 0. The Bertz CT molecular complexity index is 1110. The van der Waals surface area contributed by atoms with Gasteiger partial charge in [-0.3, -0.25) is 19.5 Å². The average molecular weight is 460 g/mol. The zero-order chi connectivity index (χ0) is 21.1. The van der Waals surface area contributed by atoms with Gasteiger partial charge in [-0.25, -0.2) is 4.98 Å². The van der Waals surface area contributed by atoms with Crippen molar-refractivity contribution in [1.29, 1.82) is 0 Å². The molecule has 1 atom stereocenters. The highest BCUT2D eigenvalue weighted by Gasteiger charge is 2.26. The van der Waals surface area contributed by atoms with Gasteiger partial charge in [0, 0.05) is 11.7 Å². The van der Waals surface area contributed by atoms with E-state index in [1.54, 1.807) is 16.3 Å². The van der Waals surface area contributed by atoms with Crippen molar-refractivity contribution >= 4 is 45.9 Å². The minimum absolute atomic E-state index is 0.0298. The first kappa shape index (κ1) is 21.1. The van der Waals surface area contributed by atoms with Crippen LogP contribution in [-0.4, -0.2) is 36.7 Å². The minimum atomic E-state index is -0.192. The van der Waals surface area contributed by atoms with E-state index in [4.69, 9.17) is 4.98 Å². The number of rotatable bonds is 7. The van der Waals surface area contributed by atoms with Gasteiger partial charge < -0.3 is 0 Å². The fourth-order valence-corrected chi connectivity index (χ4v) is 5.71. The first-order valence-electron chi connectivity index (χ1n) is 9.62. The molecule has 2 aromatic heterocycles. The number of fused-ring (bicyclic) bond motifs is 1. The second-order valence-corrected chi connectivity index (χ2v) is 10.3. The summed E-state index contributed by atoms with van der Waals surface area (Å²) in [5.41, 5.74) is 1.82. The van der Waals surface area contributed by atoms with Crippen LogP contribution in [0.3, 0.4) is 0 Å². The molecular formula is C20H21N5O2S3. The van der Waals surface area contributed by atoms with Crippen LogP contribution >= 0.6 is 34.9 Å². The molecule has 3 heterocycles. The molecule has 3 aromatic rings. The number of thioether (sulfide) groups is 2. The minimum Gasteiger partial charge on any atom is -0.300 e. The van der Waals surface area contributed by atoms with Crippen LogP contribution in [0.25, 0.3) is 0 Å². The van der Waals surface area contributed by atoms with E-state index in [0.717, 1.165) is 34.0 Å². The van der Waals surface area contributed by atoms with Crippen LogP contribution in [0.2, 0.25) is 0 Å². The number of amides is 1. The molecule has 1 aliphatic heterocycles. The molecule has 0 radical (unpaired) electrons. The van der Waals surface area contributed by atoms with Crippen molar-refractivity contribution < 1.29 is 4.79 Å². The van der Waals surface area contributed by atoms with Gasteiger partial charge in [0.05, 0.1) is 22.9 Å². The summed E-state index contributed by atoms with van der Waals surface area (Å²) in [6.07, 6.45) is 1.55. The molecule has 0 aliphatic carbocycles. The molecular weight excluding hydrogens is 438 g/mol. The molecule has 4 rings (SSSR count). The topological polar surface area (TPSA) is 89.8 Å². The van der Waals surface area contributed by atoms with Crippen molar-refractivity contribution in [2.24, 2.45) is 0 Å². The number of benzene rings is 1. The predicted molar refractivity (Wildman–Crippen MR) is 122 cm³/mol. The Hall–Kier alpha value is -2.17. The molecule has 1 N–H and O–H groups in total. The van der Waals surface area contributed by atoms with E-state index in [2.05, 4.69) is 22.4 Å². The standard InChI is InChI=1S/C20H21N5O2S3/c1-3-16-23-24-19(30-16)22-15(26)11-28-20-21-14-9-12(2)29-17(14)18(27)25(20)10-13-7-5-4-6-8-13/h4-8,12H,3,9-11H2,1-2H3,(H,22,24,26)/t12-/m1/s1. The number of carbonyl (C=O) groups is 1. The monoisotopic (exact) mass is 459 g/mol. The Morgan fingerprint density at radius 2 is 2.10 bits per heavy atom. The summed E-state index contributed by atoms with van der Waals surface area (Å²) in [6, 6.07) is 9.81. The molecule has 0 bridgehead atoms. The SMILES string of the molecule is CCc1nnc(NC(=O)CSc2nc3c(c(=O)n2Cc2ccccc2)S[C@H](C)C3)s1. The third kappa shape index (κ3) is 4.76. The largest absolute Gasteiger partial charge is 0.300 e. The lowest BCUT2D eigenvalue weighted by Gasteiger charge is -2.13. The van der Waals surface area contributed by atoms with Crippen LogP contribution in [0.4, 0.5) is 5.13 Å². The maximum absolute atomic E-state index is 13.2. The van der Waals surface area contributed by atoms with Gasteiger partial charge in [0.2, 0.25) is 11.0 Å². The number of anilines is 1. The van der Waals surface area contributed by atoms with E-state index < -0.39 is 0 Å². The van der Waals surface area contributed by atoms with E-state index in [0.29, 0.717) is 22.1 Å². The van der Waals surface area contributed by atoms with E-state index in [9.17, 15) is 9.59 Å². The fourth-order valence-electron chi connectivity index (χ4n) is 3.08. The lowest BCUT2D eigenvalue weighted by atomic mass is 10.2. The highest BCUT2D eigenvalue weighted by Crippen LogP contribution is 2.34. The number of hydrogen-bond donors (Lipinski definition) is 1. The number of aryl methyl sites for hydroxylation is 1. The molecule has 0 fully saturated rings. The molecule has 0 spiro atoms. The van der Waals surface area contributed by atoms with Crippen LogP contribution < -0.4 is 10.9 Å². The van der Waals surface area contributed by atoms with Gasteiger partial charge in [-0.1, -0.05) is 67.3 Å². The Labute approximate surface area is 186 Å². The van der Waals surface area contributed by atoms with Crippen molar-refractivity contribution in [3.63, 3.8) is 0 Å².